The van der Waals surface area contributed by atoms with Crippen LogP contribution in [-0.2, 0) is 10.0 Å². The minimum Gasteiger partial charge on any atom is -0.212 e. The van der Waals surface area contributed by atoms with E-state index < -0.39 is 10.0 Å². The molecular formula is C10H21NO2S. The first-order valence-corrected chi connectivity index (χ1v) is 7.06. The smallest absolute Gasteiger partial charge is 0.212 e. The Morgan fingerprint density at radius 1 is 1.29 bits per heavy atom. The highest BCUT2D eigenvalue weighted by Gasteiger charge is 2.27. The maximum absolute atomic E-state index is 11.6. The lowest BCUT2D eigenvalue weighted by Gasteiger charge is -2.32. The van der Waals surface area contributed by atoms with Gasteiger partial charge in [0, 0.05) is 13.1 Å². The fraction of sp³-hybridized carbons (Fsp3) is 1.00. The third kappa shape index (κ3) is 2.70. The lowest BCUT2D eigenvalue weighted by Crippen LogP contribution is -2.40. The van der Waals surface area contributed by atoms with Crippen LogP contribution in [-0.4, -0.2) is 31.6 Å². The normalized spacial score (nSPS) is 21.7. The van der Waals surface area contributed by atoms with Crippen molar-refractivity contribution in [2.45, 2.75) is 33.6 Å². The predicted octanol–water partition coefficient (Wildman–Crippen LogP) is 1.70. The van der Waals surface area contributed by atoms with Crippen molar-refractivity contribution in [3.63, 3.8) is 0 Å². The Bertz CT molecular complexity index is 264. The first-order chi connectivity index (χ1) is 6.47. The molecule has 1 fully saturated rings. The van der Waals surface area contributed by atoms with E-state index in [0.717, 1.165) is 25.9 Å². The zero-order valence-electron chi connectivity index (χ0n) is 9.36. The first-order valence-electron chi connectivity index (χ1n) is 5.45. The molecule has 0 spiro atoms. The Morgan fingerprint density at radius 3 is 2.14 bits per heavy atom. The number of piperidine rings is 1. The number of nitrogens with zero attached hydrogens (tertiary/aromatic N) is 1. The minimum atomic E-state index is -2.94. The molecule has 84 valence electrons. The number of hydrogen-bond acceptors (Lipinski definition) is 2. The van der Waals surface area contributed by atoms with E-state index >= 15 is 0 Å². The molecule has 0 aromatic heterocycles. The van der Waals surface area contributed by atoms with Gasteiger partial charge in [-0.1, -0.05) is 13.8 Å². The summed E-state index contributed by atoms with van der Waals surface area (Å²) in [6, 6.07) is 0. The highest BCUT2D eigenvalue weighted by atomic mass is 32.2. The van der Waals surface area contributed by atoms with Crippen molar-refractivity contribution < 1.29 is 8.42 Å². The topological polar surface area (TPSA) is 37.4 Å². The zero-order valence-corrected chi connectivity index (χ0v) is 10.2. The van der Waals surface area contributed by atoms with E-state index in [1.165, 1.54) is 0 Å². The summed E-state index contributed by atoms with van der Waals surface area (Å²) < 4.78 is 24.8. The van der Waals surface area contributed by atoms with E-state index in [0.29, 0.717) is 11.8 Å². The molecule has 0 amide bonds. The molecule has 0 radical (unpaired) electrons. The lowest BCUT2D eigenvalue weighted by atomic mass is 9.87. The average molecular weight is 219 g/mol. The van der Waals surface area contributed by atoms with E-state index in [1.54, 1.807) is 11.2 Å². The second-order valence-electron chi connectivity index (χ2n) is 4.38. The van der Waals surface area contributed by atoms with Gasteiger partial charge in [0.15, 0.2) is 0 Å². The van der Waals surface area contributed by atoms with Crippen LogP contribution in [0.3, 0.4) is 0 Å². The summed E-state index contributed by atoms with van der Waals surface area (Å²) in [6.07, 6.45) is 2.05. The average Bonchev–Trinajstić information content (AvgIpc) is 2.18. The number of rotatable bonds is 3. The van der Waals surface area contributed by atoms with Crippen molar-refractivity contribution in [2.24, 2.45) is 11.8 Å². The molecule has 4 heteroatoms. The van der Waals surface area contributed by atoms with Crippen LogP contribution in [0.15, 0.2) is 0 Å². The molecule has 0 aromatic rings. The van der Waals surface area contributed by atoms with Gasteiger partial charge in [-0.25, -0.2) is 12.7 Å². The van der Waals surface area contributed by atoms with Gasteiger partial charge in [-0.2, -0.15) is 0 Å². The largest absolute Gasteiger partial charge is 0.213 e. The van der Waals surface area contributed by atoms with Gasteiger partial charge < -0.3 is 0 Å². The van der Waals surface area contributed by atoms with Crippen molar-refractivity contribution in [2.75, 3.05) is 18.8 Å². The monoisotopic (exact) mass is 219 g/mol. The maximum atomic E-state index is 11.6. The summed E-state index contributed by atoms with van der Waals surface area (Å²) in [6.45, 7) is 7.59. The van der Waals surface area contributed by atoms with Gasteiger partial charge in [0.2, 0.25) is 10.0 Å². The molecule has 0 aromatic carbocycles. The molecule has 3 nitrogen and oxygen atoms in total. The van der Waals surface area contributed by atoms with Crippen LogP contribution in [0.25, 0.3) is 0 Å². The standard InChI is InChI=1S/C10H21NO2S/c1-4-14(12,13)11-7-5-10(6-8-11)9(2)3/h9-10H,4-8H2,1-3H3. The van der Waals surface area contributed by atoms with Crippen molar-refractivity contribution >= 4 is 10.0 Å². The molecular weight excluding hydrogens is 198 g/mol. The van der Waals surface area contributed by atoms with Crippen molar-refractivity contribution in [1.29, 1.82) is 0 Å². The van der Waals surface area contributed by atoms with Crippen LogP contribution in [0.5, 0.6) is 0 Å². The van der Waals surface area contributed by atoms with Gasteiger partial charge in [-0.05, 0) is 31.6 Å². The van der Waals surface area contributed by atoms with Crippen molar-refractivity contribution in [3.05, 3.63) is 0 Å². The summed E-state index contributed by atoms with van der Waals surface area (Å²) in [5.41, 5.74) is 0. The fourth-order valence-corrected chi connectivity index (χ4v) is 3.14. The Morgan fingerprint density at radius 2 is 1.79 bits per heavy atom. The lowest BCUT2D eigenvalue weighted by molar-refractivity contribution is 0.227. The number of sulfonamides is 1. The maximum Gasteiger partial charge on any atom is 0.213 e. The van der Waals surface area contributed by atoms with Gasteiger partial charge in [0.05, 0.1) is 5.75 Å². The second-order valence-corrected chi connectivity index (χ2v) is 6.64. The molecule has 14 heavy (non-hydrogen) atoms. The molecule has 0 atom stereocenters. The van der Waals surface area contributed by atoms with Crippen molar-refractivity contribution in [3.8, 4) is 0 Å². The van der Waals surface area contributed by atoms with Gasteiger partial charge in [0.25, 0.3) is 0 Å². The molecule has 0 saturated carbocycles. The zero-order chi connectivity index (χ0) is 10.8. The minimum absolute atomic E-state index is 0.235. The van der Waals surface area contributed by atoms with Gasteiger partial charge in [-0.3, -0.25) is 0 Å². The van der Waals surface area contributed by atoms with E-state index in [9.17, 15) is 8.42 Å². The third-order valence-electron chi connectivity index (χ3n) is 3.20. The van der Waals surface area contributed by atoms with Gasteiger partial charge >= 0.3 is 0 Å². The highest BCUT2D eigenvalue weighted by Crippen LogP contribution is 2.25. The highest BCUT2D eigenvalue weighted by molar-refractivity contribution is 7.89. The number of hydrogen-bond donors (Lipinski definition) is 0. The molecule has 0 aliphatic carbocycles. The summed E-state index contributed by atoms with van der Waals surface area (Å²) >= 11 is 0. The Balaban J connectivity index is 2.52. The Hall–Kier alpha value is -0.0900. The van der Waals surface area contributed by atoms with Crippen LogP contribution >= 0.6 is 0 Å². The third-order valence-corrected chi connectivity index (χ3v) is 5.08. The first kappa shape index (κ1) is 12.0. The van der Waals surface area contributed by atoms with Crippen LogP contribution in [0.1, 0.15) is 33.6 Å². The summed E-state index contributed by atoms with van der Waals surface area (Å²) in [5, 5.41) is 0. The predicted molar refractivity (Wildman–Crippen MR) is 58.6 cm³/mol. The molecule has 1 aliphatic rings. The Kier molecular flexibility index (Phi) is 3.95. The molecule has 0 bridgehead atoms. The van der Waals surface area contributed by atoms with Gasteiger partial charge in [0.1, 0.15) is 0 Å². The van der Waals surface area contributed by atoms with E-state index in [-0.39, 0.29) is 5.75 Å². The van der Waals surface area contributed by atoms with Crippen LogP contribution in [0.2, 0.25) is 0 Å². The second kappa shape index (κ2) is 4.62. The Labute approximate surface area is 87.5 Å². The summed E-state index contributed by atoms with van der Waals surface area (Å²) in [4.78, 5) is 0. The van der Waals surface area contributed by atoms with Crippen molar-refractivity contribution in [1.82, 2.24) is 4.31 Å². The van der Waals surface area contributed by atoms with Crippen LogP contribution in [0, 0.1) is 11.8 Å². The quantitative estimate of drug-likeness (QED) is 0.724. The summed E-state index contributed by atoms with van der Waals surface area (Å²) in [5.74, 6) is 1.62. The molecule has 1 aliphatic heterocycles. The SMILES string of the molecule is CCS(=O)(=O)N1CCC(C(C)C)CC1. The van der Waals surface area contributed by atoms with E-state index in [1.807, 2.05) is 0 Å². The van der Waals surface area contributed by atoms with Gasteiger partial charge in [-0.15, -0.1) is 0 Å². The fourth-order valence-electron chi connectivity index (χ4n) is 2.00. The molecule has 1 heterocycles. The van der Waals surface area contributed by atoms with E-state index in [4.69, 9.17) is 0 Å². The summed E-state index contributed by atoms with van der Waals surface area (Å²) in [7, 11) is -2.94. The molecule has 1 saturated heterocycles. The van der Waals surface area contributed by atoms with E-state index in [2.05, 4.69) is 13.8 Å². The molecule has 1 rings (SSSR count). The van der Waals surface area contributed by atoms with Crippen LogP contribution in [0.4, 0.5) is 0 Å². The van der Waals surface area contributed by atoms with Crippen LogP contribution < -0.4 is 0 Å². The molecule has 0 unspecified atom stereocenters. The molecule has 0 N–H and O–H groups in total.